The van der Waals surface area contributed by atoms with E-state index >= 15 is 0 Å². The van der Waals surface area contributed by atoms with Crippen molar-refractivity contribution in [2.45, 2.75) is 50.9 Å². The van der Waals surface area contributed by atoms with Crippen LogP contribution in [-0.2, 0) is 0 Å². The Bertz CT molecular complexity index is 658. The minimum atomic E-state index is -0.400. The summed E-state index contributed by atoms with van der Waals surface area (Å²) in [5, 5.41) is -0.100. The summed E-state index contributed by atoms with van der Waals surface area (Å²) < 4.78 is 16.0. The average Bonchev–Trinajstić information content (AvgIpc) is 2.79. The van der Waals surface area contributed by atoms with Crippen LogP contribution in [0, 0.1) is 11.7 Å². The lowest BCUT2D eigenvalue weighted by molar-refractivity contribution is 0.289. The monoisotopic (exact) mass is 328 g/mol. The van der Waals surface area contributed by atoms with Crippen LogP contribution in [0.1, 0.15) is 56.8 Å². The largest absolute Gasteiger partial charge is 0.324 e. The number of aromatic nitrogens is 2. The van der Waals surface area contributed by atoms with Crippen molar-refractivity contribution in [3.8, 4) is 0 Å². The lowest BCUT2D eigenvalue weighted by atomic mass is 9.87. The summed E-state index contributed by atoms with van der Waals surface area (Å²) in [4.78, 5) is 4.59. The van der Waals surface area contributed by atoms with Crippen LogP contribution >= 0.6 is 23.2 Å². The molecule has 1 atom stereocenters. The number of halogens is 3. The van der Waals surface area contributed by atoms with Gasteiger partial charge in [0.05, 0.1) is 21.4 Å². The van der Waals surface area contributed by atoms with Crippen molar-refractivity contribution in [3.63, 3.8) is 0 Å². The van der Waals surface area contributed by atoms with Crippen LogP contribution in [-0.4, -0.2) is 9.55 Å². The van der Waals surface area contributed by atoms with Gasteiger partial charge in [-0.15, -0.1) is 11.6 Å². The predicted molar refractivity (Wildman–Crippen MR) is 85.6 cm³/mol. The maximum Gasteiger partial charge on any atom is 0.144 e. The Balaban J connectivity index is 2.14. The molecule has 5 heteroatoms. The van der Waals surface area contributed by atoms with Crippen molar-refractivity contribution < 1.29 is 4.39 Å². The molecule has 2 aromatic rings. The number of imidazole rings is 1. The number of hydrogen-bond acceptors (Lipinski definition) is 1. The van der Waals surface area contributed by atoms with Gasteiger partial charge in [-0.3, -0.25) is 0 Å². The predicted octanol–water partition coefficient (Wildman–Crippen LogP) is 5.88. The topological polar surface area (TPSA) is 17.8 Å². The van der Waals surface area contributed by atoms with Gasteiger partial charge in [-0.2, -0.15) is 0 Å². The molecule has 0 bridgehead atoms. The number of alkyl halides is 1. The Morgan fingerprint density at radius 1 is 1.29 bits per heavy atom. The van der Waals surface area contributed by atoms with E-state index in [-0.39, 0.29) is 10.4 Å². The first kappa shape index (κ1) is 15.1. The lowest BCUT2D eigenvalue weighted by Gasteiger charge is -2.29. The third-order valence-electron chi connectivity index (χ3n) is 4.47. The van der Waals surface area contributed by atoms with Crippen LogP contribution in [0.3, 0.4) is 0 Å². The first-order valence-corrected chi connectivity index (χ1v) is 8.29. The zero-order valence-corrected chi connectivity index (χ0v) is 13.8. The fourth-order valence-corrected chi connectivity index (χ4v) is 3.59. The second kappa shape index (κ2) is 5.77. The van der Waals surface area contributed by atoms with E-state index in [4.69, 9.17) is 23.2 Å². The molecule has 1 heterocycles. The SMILES string of the molecule is CC1CCC(n2c(C(C)Cl)nc3cc(Cl)c(F)cc32)CC1. The molecule has 1 saturated carbocycles. The zero-order chi connectivity index (χ0) is 15.1. The molecule has 1 aliphatic rings. The first-order valence-electron chi connectivity index (χ1n) is 7.48. The van der Waals surface area contributed by atoms with Gasteiger partial charge in [0, 0.05) is 12.1 Å². The minimum Gasteiger partial charge on any atom is -0.324 e. The van der Waals surface area contributed by atoms with Crippen LogP contribution in [0.15, 0.2) is 12.1 Å². The van der Waals surface area contributed by atoms with Gasteiger partial charge in [0.25, 0.3) is 0 Å². The summed E-state index contributed by atoms with van der Waals surface area (Å²) in [6.45, 7) is 4.19. The van der Waals surface area contributed by atoms with Gasteiger partial charge in [0.1, 0.15) is 11.6 Å². The van der Waals surface area contributed by atoms with Crippen LogP contribution in [0.2, 0.25) is 5.02 Å². The Morgan fingerprint density at radius 2 is 1.95 bits per heavy atom. The summed E-state index contributed by atoms with van der Waals surface area (Å²) in [6.07, 6.45) is 4.56. The molecule has 0 spiro atoms. The number of rotatable bonds is 2. The van der Waals surface area contributed by atoms with E-state index in [1.54, 1.807) is 6.07 Å². The Hall–Kier alpha value is -0.800. The molecule has 0 saturated heterocycles. The van der Waals surface area contributed by atoms with Crippen molar-refractivity contribution in [1.29, 1.82) is 0 Å². The third kappa shape index (κ3) is 2.78. The standard InChI is InChI=1S/C16H19Cl2FN2/c1-9-3-5-11(6-4-9)21-15-8-13(19)12(18)7-14(15)20-16(21)10(2)17/h7-11H,3-6H2,1-2H3. The number of nitrogens with zero attached hydrogens (tertiary/aromatic N) is 2. The van der Waals surface area contributed by atoms with E-state index in [1.165, 1.54) is 18.9 Å². The van der Waals surface area contributed by atoms with Crippen molar-refractivity contribution >= 4 is 34.2 Å². The fraction of sp³-hybridized carbons (Fsp3) is 0.562. The molecule has 1 fully saturated rings. The Morgan fingerprint density at radius 3 is 2.57 bits per heavy atom. The number of benzene rings is 1. The molecule has 0 amide bonds. The molecule has 1 aromatic heterocycles. The number of fused-ring (bicyclic) bond motifs is 1. The molecule has 0 aliphatic heterocycles. The van der Waals surface area contributed by atoms with E-state index in [1.807, 2.05) is 6.92 Å². The Labute approximate surface area is 134 Å². The number of hydrogen-bond donors (Lipinski definition) is 0. The van der Waals surface area contributed by atoms with Gasteiger partial charge in [-0.05, 0) is 44.6 Å². The average molecular weight is 329 g/mol. The molecule has 3 rings (SSSR count). The zero-order valence-electron chi connectivity index (χ0n) is 12.2. The quantitative estimate of drug-likeness (QED) is 0.629. The molecule has 2 nitrogen and oxygen atoms in total. The van der Waals surface area contributed by atoms with E-state index < -0.39 is 5.82 Å². The second-order valence-electron chi connectivity index (χ2n) is 6.12. The highest BCUT2D eigenvalue weighted by Crippen LogP contribution is 2.38. The molecule has 114 valence electrons. The van der Waals surface area contributed by atoms with Gasteiger partial charge in [-0.1, -0.05) is 18.5 Å². The van der Waals surface area contributed by atoms with Crippen molar-refractivity contribution in [1.82, 2.24) is 9.55 Å². The molecule has 21 heavy (non-hydrogen) atoms. The second-order valence-corrected chi connectivity index (χ2v) is 7.19. The van der Waals surface area contributed by atoms with E-state index in [0.717, 1.165) is 35.6 Å². The van der Waals surface area contributed by atoms with Gasteiger partial charge in [0.15, 0.2) is 0 Å². The maximum atomic E-state index is 13.9. The van der Waals surface area contributed by atoms with E-state index in [2.05, 4.69) is 16.5 Å². The lowest BCUT2D eigenvalue weighted by Crippen LogP contribution is -2.19. The summed E-state index contributed by atoms with van der Waals surface area (Å²) >= 11 is 12.2. The molecule has 0 N–H and O–H groups in total. The van der Waals surface area contributed by atoms with Gasteiger partial charge < -0.3 is 4.57 Å². The molecular formula is C16H19Cl2FN2. The van der Waals surface area contributed by atoms with Gasteiger partial charge in [-0.25, -0.2) is 9.37 Å². The van der Waals surface area contributed by atoms with Crippen LogP contribution < -0.4 is 0 Å². The third-order valence-corrected chi connectivity index (χ3v) is 4.95. The normalized spacial score (nSPS) is 24.4. The van der Waals surface area contributed by atoms with E-state index in [9.17, 15) is 4.39 Å². The first-order chi connectivity index (χ1) is 9.97. The molecule has 1 unspecified atom stereocenters. The van der Waals surface area contributed by atoms with Crippen molar-refractivity contribution in [3.05, 3.63) is 28.8 Å². The molecule has 1 aromatic carbocycles. The van der Waals surface area contributed by atoms with Crippen LogP contribution in [0.25, 0.3) is 11.0 Å². The minimum absolute atomic E-state index is 0.109. The smallest absolute Gasteiger partial charge is 0.144 e. The highest BCUT2D eigenvalue weighted by atomic mass is 35.5. The summed E-state index contributed by atoms with van der Waals surface area (Å²) in [5.74, 6) is 1.18. The Kier molecular flexibility index (Phi) is 4.15. The van der Waals surface area contributed by atoms with E-state index in [0.29, 0.717) is 6.04 Å². The fourth-order valence-electron chi connectivity index (χ4n) is 3.27. The van der Waals surface area contributed by atoms with Gasteiger partial charge in [0.2, 0.25) is 0 Å². The molecule has 1 aliphatic carbocycles. The van der Waals surface area contributed by atoms with Gasteiger partial charge >= 0.3 is 0 Å². The van der Waals surface area contributed by atoms with Crippen LogP contribution in [0.4, 0.5) is 4.39 Å². The maximum absolute atomic E-state index is 13.9. The highest BCUT2D eigenvalue weighted by molar-refractivity contribution is 6.31. The highest BCUT2D eigenvalue weighted by Gasteiger charge is 2.26. The molecule has 0 radical (unpaired) electrons. The van der Waals surface area contributed by atoms with Crippen molar-refractivity contribution in [2.75, 3.05) is 0 Å². The van der Waals surface area contributed by atoms with Crippen molar-refractivity contribution in [2.24, 2.45) is 5.92 Å². The summed E-state index contributed by atoms with van der Waals surface area (Å²) in [5.41, 5.74) is 1.53. The summed E-state index contributed by atoms with van der Waals surface area (Å²) in [7, 11) is 0. The summed E-state index contributed by atoms with van der Waals surface area (Å²) in [6, 6.07) is 3.44. The van der Waals surface area contributed by atoms with Crippen LogP contribution in [0.5, 0.6) is 0 Å². The molecular weight excluding hydrogens is 310 g/mol.